The molecule has 1 aromatic carbocycles. The SMILES string of the molecule is COc1cccc(C(=O)N2CCCCC2c2nc(-c3cnccn3)n[nH]2)c1. The number of H-pyrrole nitrogens is 1. The molecule has 1 saturated heterocycles. The summed E-state index contributed by atoms with van der Waals surface area (Å²) in [5.41, 5.74) is 1.20. The number of likely N-dealkylation sites (tertiary alicyclic amines) is 1. The molecule has 1 amide bonds. The summed E-state index contributed by atoms with van der Waals surface area (Å²) in [5.74, 6) is 1.79. The van der Waals surface area contributed by atoms with Crippen LogP contribution in [0.5, 0.6) is 5.75 Å². The Hall–Kier alpha value is -3.29. The van der Waals surface area contributed by atoms with Crippen molar-refractivity contribution in [2.75, 3.05) is 13.7 Å². The van der Waals surface area contributed by atoms with E-state index in [1.54, 1.807) is 31.8 Å². The number of aromatic amines is 1. The molecule has 0 saturated carbocycles. The van der Waals surface area contributed by atoms with Gasteiger partial charge in [-0.05, 0) is 37.5 Å². The zero-order chi connectivity index (χ0) is 18.6. The molecular formula is C19H20N6O2. The van der Waals surface area contributed by atoms with Crippen LogP contribution in [0.3, 0.4) is 0 Å². The fourth-order valence-corrected chi connectivity index (χ4v) is 3.33. The lowest BCUT2D eigenvalue weighted by atomic mass is 10.00. The summed E-state index contributed by atoms with van der Waals surface area (Å²) >= 11 is 0. The van der Waals surface area contributed by atoms with Gasteiger partial charge in [-0.25, -0.2) is 9.97 Å². The number of nitrogens with one attached hydrogen (secondary N) is 1. The lowest BCUT2D eigenvalue weighted by Gasteiger charge is -2.34. The van der Waals surface area contributed by atoms with Gasteiger partial charge in [-0.3, -0.25) is 14.9 Å². The fraction of sp³-hybridized carbons (Fsp3) is 0.316. The normalized spacial score (nSPS) is 16.9. The van der Waals surface area contributed by atoms with E-state index in [1.165, 1.54) is 0 Å². The molecule has 2 aromatic heterocycles. The third-order valence-electron chi connectivity index (χ3n) is 4.69. The Morgan fingerprint density at radius 2 is 2.22 bits per heavy atom. The summed E-state index contributed by atoms with van der Waals surface area (Å²) in [6.07, 6.45) is 7.67. The molecule has 8 heteroatoms. The van der Waals surface area contributed by atoms with Gasteiger partial charge >= 0.3 is 0 Å². The quantitative estimate of drug-likeness (QED) is 0.764. The van der Waals surface area contributed by atoms with Gasteiger partial charge in [0.25, 0.3) is 5.91 Å². The predicted octanol–water partition coefficient (Wildman–Crippen LogP) is 2.64. The van der Waals surface area contributed by atoms with Crippen LogP contribution in [0.15, 0.2) is 42.9 Å². The highest BCUT2D eigenvalue weighted by Crippen LogP contribution is 2.31. The standard InChI is InChI=1S/C19H20N6O2/c1-27-14-6-4-5-13(11-14)19(26)25-10-3-2-7-16(25)18-22-17(23-24-18)15-12-20-8-9-21-15/h4-6,8-9,11-12,16H,2-3,7,10H2,1H3,(H,22,23,24). The maximum Gasteiger partial charge on any atom is 0.254 e. The van der Waals surface area contributed by atoms with Crippen LogP contribution in [0.1, 0.15) is 41.5 Å². The van der Waals surface area contributed by atoms with Gasteiger partial charge in [0.1, 0.15) is 17.3 Å². The summed E-state index contributed by atoms with van der Waals surface area (Å²) in [7, 11) is 1.59. The van der Waals surface area contributed by atoms with Crippen molar-refractivity contribution in [1.82, 2.24) is 30.0 Å². The number of nitrogens with zero attached hydrogens (tertiary/aromatic N) is 5. The van der Waals surface area contributed by atoms with Gasteiger partial charge in [-0.15, -0.1) is 0 Å². The second-order valence-corrected chi connectivity index (χ2v) is 6.38. The zero-order valence-electron chi connectivity index (χ0n) is 15.0. The molecule has 138 valence electrons. The number of aromatic nitrogens is 5. The van der Waals surface area contributed by atoms with Gasteiger partial charge < -0.3 is 9.64 Å². The Bertz CT molecular complexity index is 927. The van der Waals surface area contributed by atoms with Gasteiger partial charge in [0.05, 0.1) is 19.3 Å². The lowest BCUT2D eigenvalue weighted by molar-refractivity contribution is 0.0600. The fourth-order valence-electron chi connectivity index (χ4n) is 3.33. The summed E-state index contributed by atoms with van der Waals surface area (Å²) in [4.78, 5) is 27.8. The van der Waals surface area contributed by atoms with E-state index in [0.29, 0.717) is 35.2 Å². The minimum Gasteiger partial charge on any atom is -0.497 e. The maximum absolute atomic E-state index is 13.1. The zero-order valence-corrected chi connectivity index (χ0v) is 15.0. The molecule has 27 heavy (non-hydrogen) atoms. The number of methoxy groups -OCH3 is 1. The van der Waals surface area contributed by atoms with Crippen molar-refractivity contribution < 1.29 is 9.53 Å². The van der Waals surface area contributed by atoms with Crippen LogP contribution in [0, 0.1) is 0 Å². The van der Waals surface area contributed by atoms with Gasteiger partial charge in [0, 0.05) is 24.5 Å². The van der Waals surface area contributed by atoms with Crippen LogP contribution in [-0.2, 0) is 0 Å². The Labute approximate surface area is 156 Å². The summed E-state index contributed by atoms with van der Waals surface area (Å²) in [5, 5.41) is 7.24. The van der Waals surface area contributed by atoms with E-state index < -0.39 is 0 Å². The Morgan fingerprint density at radius 1 is 1.30 bits per heavy atom. The number of carbonyl (C=O) groups excluding carboxylic acids is 1. The summed E-state index contributed by atoms with van der Waals surface area (Å²) in [6, 6.07) is 7.08. The van der Waals surface area contributed by atoms with Crippen LogP contribution in [0.25, 0.3) is 11.5 Å². The topological polar surface area (TPSA) is 96.9 Å². The van der Waals surface area contributed by atoms with Gasteiger partial charge in [-0.1, -0.05) is 6.07 Å². The van der Waals surface area contributed by atoms with E-state index in [1.807, 2.05) is 23.1 Å². The molecule has 1 N–H and O–H groups in total. The third-order valence-corrected chi connectivity index (χ3v) is 4.69. The number of piperidine rings is 1. The van der Waals surface area contributed by atoms with Crippen molar-refractivity contribution in [3.63, 3.8) is 0 Å². The molecule has 3 aromatic rings. The van der Waals surface area contributed by atoms with Crippen LogP contribution in [0.4, 0.5) is 0 Å². The first-order valence-electron chi connectivity index (χ1n) is 8.90. The lowest BCUT2D eigenvalue weighted by Crippen LogP contribution is -2.39. The number of amides is 1. The minimum atomic E-state index is -0.143. The van der Waals surface area contributed by atoms with Crippen molar-refractivity contribution in [1.29, 1.82) is 0 Å². The van der Waals surface area contributed by atoms with E-state index in [4.69, 9.17) is 4.74 Å². The van der Waals surface area contributed by atoms with Gasteiger partial charge in [0.2, 0.25) is 5.82 Å². The molecule has 1 aliphatic rings. The minimum absolute atomic E-state index is 0.0314. The van der Waals surface area contributed by atoms with Crippen molar-refractivity contribution in [3.8, 4) is 17.3 Å². The van der Waals surface area contributed by atoms with Crippen LogP contribution in [0.2, 0.25) is 0 Å². The molecule has 1 unspecified atom stereocenters. The number of ether oxygens (including phenoxy) is 1. The number of rotatable bonds is 4. The average molecular weight is 364 g/mol. The molecule has 8 nitrogen and oxygen atoms in total. The van der Waals surface area contributed by atoms with Crippen molar-refractivity contribution >= 4 is 5.91 Å². The number of benzene rings is 1. The van der Waals surface area contributed by atoms with Gasteiger partial charge in [-0.2, -0.15) is 5.10 Å². The molecule has 0 spiro atoms. The highest BCUT2D eigenvalue weighted by atomic mass is 16.5. The Balaban J connectivity index is 1.61. The first-order valence-corrected chi connectivity index (χ1v) is 8.90. The van der Waals surface area contributed by atoms with E-state index in [-0.39, 0.29) is 11.9 Å². The molecular weight excluding hydrogens is 344 g/mol. The van der Waals surface area contributed by atoms with Crippen molar-refractivity contribution in [2.24, 2.45) is 0 Å². The first-order chi connectivity index (χ1) is 13.3. The molecule has 4 rings (SSSR count). The van der Waals surface area contributed by atoms with Crippen LogP contribution < -0.4 is 4.74 Å². The Morgan fingerprint density at radius 3 is 3.04 bits per heavy atom. The molecule has 3 heterocycles. The molecule has 1 fully saturated rings. The van der Waals surface area contributed by atoms with E-state index >= 15 is 0 Å². The van der Waals surface area contributed by atoms with Crippen molar-refractivity contribution in [3.05, 3.63) is 54.2 Å². The van der Waals surface area contributed by atoms with E-state index in [0.717, 1.165) is 19.3 Å². The van der Waals surface area contributed by atoms with E-state index in [9.17, 15) is 4.79 Å². The van der Waals surface area contributed by atoms with Crippen LogP contribution in [-0.4, -0.2) is 49.6 Å². The highest BCUT2D eigenvalue weighted by Gasteiger charge is 2.31. The third kappa shape index (κ3) is 3.51. The average Bonchev–Trinajstić information content (AvgIpc) is 3.24. The molecule has 1 atom stereocenters. The monoisotopic (exact) mass is 364 g/mol. The number of hydrogen-bond donors (Lipinski definition) is 1. The second kappa shape index (κ2) is 7.53. The highest BCUT2D eigenvalue weighted by molar-refractivity contribution is 5.95. The van der Waals surface area contributed by atoms with Gasteiger partial charge in [0.15, 0.2) is 0 Å². The molecule has 0 radical (unpaired) electrons. The number of hydrogen-bond acceptors (Lipinski definition) is 6. The molecule has 0 aliphatic carbocycles. The smallest absolute Gasteiger partial charge is 0.254 e. The first kappa shape index (κ1) is 17.1. The summed E-state index contributed by atoms with van der Waals surface area (Å²) in [6.45, 7) is 0.682. The van der Waals surface area contributed by atoms with Crippen LogP contribution >= 0.6 is 0 Å². The van der Waals surface area contributed by atoms with E-state index in [2.05, 4.69) is 25.1 Å². The maximum atomic E-state index is 13.1. The summed E-state index contributed by atoms with van der Waals surface area (Å²) < 4.78 is 5.24. The second-order valence-electron chi connectivity index (χ2n) is 6.38. The molecule has 1 aliphatic heterocycles. The molecule has 0 bridgehead atoms. The Kier molecular flexibility index (Phi) is 4.78. The predicted molar refractivity (Wildman–Crippen MR) is 98.0 cm³/mol. The largest absolute Gasteiger partial charge is 0.497 e. The number of carbonyl (C=O) groups is 1. The van der Waals surface area contributed by atoms with Crippen molar-refractivity contribution in [2.45, 2.75) is 25.3 Å².